The Bertz CT molecular complexity index is 1140. The lowest BCUT2D eigenvalue weighted by molar-refractivity contribution is 0.121. The Hall–Kier alpha value is -2.78. The molecule has 188 valence electrons. The number of aliphatic hydroxyl groups excluding tert-OH is 1. The summed E-state index contributed by atoms with van der Waals surface area (Å²) in [5, 5.41) is 18.4. The van der Waals surface area contributed by atoms with E-state index < -0.39 is 0 Å². The molecule has 5 rings (SSSR count). The highest BCUT2D eigenvalue weighted by atomic mass is 16.5. The van der Waals surface area contributed by atoms with Gasteiger partial charge in [-0.15, -0.1) is 5.10 Å². The molecule has 1 saturated carbocycles. The largest absolute Gasteiger partial charge is 0.393 e. The SMILES string of the molecule is COC[C@H](C)Nc1ncc2c([C@@H]3CCCN(c4ccnc(C)n4)C3)cc(C3CCC(O)CC3)n2n1. The van der Waals surface area contributed by atoms with Crippen LogP contribution < -0.4 is 10.2 Å². The van der Waals surface area contributed by atoms with Crippen LogP contribution in [0.3, 0.4) is 0 Å². The summed E-state index contributed by atoms with van der Waals surface area (Å²) >= 11 is 0. The molecule has 35 heavy (non-hydrogen) atoms. The summed E-state index contributed by atoms with van der Waals surface area (Å²) in [5.41, 5.74) is 3.64. The Morgan fingerprint density at radius 2 is 2.00 bits per heavy atom. The number of hydrogen-bond donors (Lipinski definition) is 2. The molecule has 0 amide bonds. The Morgan fingerprint density at radius 1 is 1.17 bits per heavy atom. The number of nitrogens with one attached hydrogen (secondary N) is 1. The van der Waals surface area contributed by atoms with Crippen molar-refractivity contribution in [3.8, 4) is 0 Å². The van der Waals surface area contributed by atoms with Gasteiger partial charge in [0.15, 0.2) is 0 Å². The van der Waals surface area contributed by atoms with Gasteiger partial charge in [0.05, 0.1) is 24.4 Å². The van der Waals surface area contributed by atoms with Gasteiger partial charge in [-0.2, -0.15) is 0 Å². The molecule has 2 fully saturated rings. The predicted octanol–water partition coefficient (Wildman–Crippen LogP) is 3.68. The van der Waals surface area contributed by atoms with Crippen LogP contribution in [0.25, 0.3) is 5.52 Å². The Kier molecular flexibility index (Phi) is 7.15. The zero-order valence-corrected chi connectivity index (χ0v) is 21.0. The molecule has 3 aromatic heterocycles. The molecule has 1 aliphatic carbocycles. The van der Waals surface area contributed by atoms with E-state index in [9.17, 15) is 5.11 Å². The fourth-order valence-corrected chi connectivity index (χ4v) is 5.67. The minimum atomic E-state index is -0.179. The number of anilines is 2. The van der Waals surface area contributed by atoms with Crippen LogP contribution in [0.1, 0.15) is 74.4 Å². The van der Waals surface area contributed by atoms with E-state index in [2.05, 4.69) is 42.7 Å². The van der Waals surface area contributed by atoms with Gasteiger partial charge < -0.3 is 20.1 Å². The lowest BCUT2D eigenvalue weighted by Crippen LogP contribution is -2.35. The molecule has 0 unspecified atom stereocenters. The summed E-state index contributed by atoms with van der Waals surface area (Å²) in [7, 11) is 1.70. The van der Waals surface area contributed by atoms with E-state index in [1.54, 1.807) is 7.11 Å². The summed E-state index contributed by atoms with van der Waals surface area (Å²) in [5.74, 6) is 3.19. The monoisotopic (exact) mass is 479 g/mol. The maximum absolute atomic E-state index is 10.1. The molecule has 2 N–H and O–H groups in total. The fourth-order valence-electron chi connectivity index (χ4n) is 5.67. The normalized spacial score (nSPS) is 24.0. The highest BCUT2D eigenvalue weighted by Crippen LogP contribution is 2.39. The van der Waals surface area contributed by atoms with E-state index >= 15 is 0 Å². The first kappa shape index (κ1) is 23.9. The average Bonchev–Trinajstić information content (AvgIpc) is 3.24. The lowest BCUT2D eigenvalue weighted by Gasteiger charge is -2.33. The number of methoxy groups -OCH3 is 1. The second-order valence-corrected chi connectivity index (χ2v) is 10.2. The summed E-state index contributed by atoms with van der Waals surface area (Å²) < 4.78 is 7.38. The molecule has 1 aliphatic heterocycles. The van der Waals surface area contributed by atoms with Crippen LogP contribution in [0, 0.1) is 6.92 Å². The maximum Gasteiger partial charge on any atom is 0.241 e. The van der Waals surface area contributed by atoms with Gasteiger partial charge in [-0.1, -0.05) is 0 Å². The topological polar surface area (TPSA) is 101 Å². The van der Waals surface area contributed by atoms with E-state index in [4.69, 9.17) is 9.84 Å². The zero-order chi connectivity index (χ0) is 24.4. The van der Waals surface area contributed by atoms with Crippen molar-refractivity contribution in [2.45, 2.75) is 76.4 Å². The van der Waals surface area contributed by atoms with Gasteiger partial charge in [0.2, 0.25) is 5.95 Å². The average molecular weight is 480 g/mol. The second kappa shape index (κ2) is 10.5. The Morgan fingerprint density at radius 3 is 2.77 bits per heavy atom. The Labute approximate surface area is 206 Å². The summed E-state index contributed by atoms with van der Waals surface area (Å²) in [6.45, 7) is 6.52. The van der Waals surface area contributed by atoms with Crippen LogP contribution in [0.15, 0.2) is 24.5 Å². The number of piperidine rings is 1. The quantitative estimate of drug-likeness (QED) is 0.529. The van der Waals surface area contributed by atoms with Crippen molar-refractivity contribution in [3.05, 3.63) is 41.6 Å². The van der Waals surface area contributed by atoms with Gasteiger partial charge in [0.25, 0.3) is 0 Å². The molecule has 2 atom stereocenters. The van der Waals surface area contributed by atoms with Crippen LogP contribution in [0.5, 0.6) is 0 Å². The van der Waals surface area contributed by atoms with E-state index in [0.29, 0.717) is 24.4 Å². The highest BCUT2D eigenvalue weighted by molar-refractivity contribution is 5.59. The van der Waals surface area contributed by atoms with Gasteiger partial charge in [-0.05, 0) is 70.1 Å². The molecule has 0 aromatic carbocycles. The predicted molar refractivity (Wildman–Crippen MR) is 136 cm³/mol. The van der Waals surface area contributed by atoms with E-state index in [0.717, 1.165) is 68.8 Å². The highest BCUT2D eigenvalue weighted by Gasteiger charge is 2.30. The van der Waals surface area contributed by atoms with Crippen LogP contribution in [0.4, 0.5) is 11.8 Å². The van der Waals surface area contributed by atoms with Crippen molar-refractivity contribution in [2.24, 2.45) is 0 Å². The smallest absolute Gasteiger partial charge is 0.241 e. The van der Waals surface area contributed by atoms with Crippen molar-refractivity contribution < 1.29 is 9.84 Å². The molecule has 0 radical (unpaired) electrons. The van der Waals surface area contributed by atoms with E-state index in [1.165, 1.54) is 11.3 Å². The number of aliphatic hydroxyl groups is 1. The summed E-state index contributed by atoms with van der Waals surface area (Å²) in [6.07, 6.45) is 9.54. The van der Waals surface area contributed by atoms with Gasteiger partial charge in [-0.3, -0.25) is 0 Å². The molecular weight excluding hydrogens is 442 g/mol. The van der Waals surface area contributed by atoms with E-state index in [-0.39, 0.29) is 12.1 Å². The first-order chi connectivity index (χ1) is 17.0. The first-order valence-electron chi connectivity index (χ1n) is 12.9. The maximum atomic E-state index is 10.1. The van der Waals surface area contributed by atoms with Crippen molar-refractivity contribution in [2.75, 3.05) is 37.0 Å². The van der Waals surface area contributed by atoms with Crippen molar-refractivity contribution in [1.29, 1.82) is 0 Å². The molecule has 9 nitrogen and oxygen atoms in total. The number of nitrogens with zero attached hydrogens (tertiary/aromatic N) is 6. The molecule has 2 aliphatic rings. The number of hydrogen-bond acceptors (Lipinski definition) is 8. The van der Waals surface area contributed by atoms with Crippen LogP contribution >= 0.6 is 0 Å². The van der Waals surface area contributed by atoms with Gasteiger partial charge in [0, 0.05) is 50.0 Å². The third-order valence-electron chi connectivity index (χ3n) is 7.43. The third-order valence-corrected chi connectivity index (χ3v) is 7.43. The van der Waals surface area contributed by atoms with Crippen molar-refractivity contribution in [1.82, 2.24) is 24.6 Å². The first-order valence-corrected chi connectivity index (χ1v) is 12.9. The van der Waals surface area contributed by atoms with Gasteiger partial charge in [0.1, 0.15) is 11.6 Å². The minimum absolute atomic E-state index is 0.115. The zero-order valence-electron chi connectivity index (χ0n) is 21.0. The third kappa shape index (κ3) is 5.26. The molecule has 0 bridgehead atoms. The van der Waals surface area contributed by atoms with Crippen molar-refractivity contribution >= 4 is 17.3 Å². The standard InChI is InChI=1S/C26H37N7O2/c1-17(16-35-3)29-26-28-14-24-22(13-23(33(24)31-26)19-6-8-21(34)9-7-19)20-5-4-12-32(15-20)25-10-11-27-18(2)30-25/h10-11,13-14,17,19-21,34H,4-9,12,15-16H2,1-3H3,(H,29,31)/t17-,19?,20+,21?/m0/s1. The summed E-state index contributed by atoms with van der Waals surface area (Å²) in [4.78, 5) is 16.0. The lowest BCUT2D eigenvalue weighted by atomic mass is 9.84. The number of fused-ring (bicyclic) bond motifs is 1. The van der Waals surface area contributed by atoms with Crippen LogP contribution in [0.2, 0.25) is 0 Å². The Balaban J connectivity index is 1.48. The van der Waals surface area contributed by atoms with Crippen molar-refractivity contribution in [3.63, 3.8) is 0 Å². The molecule has 1 saturated heterocycles. The minimum Gasteiger partial charge on any atom is -0.393 e. The fraction of sp³-hybridized carbons (Fsp3) is 0.615. The van der Waals surface area contributed by atoms with Crippen LogP contribution in [-0.2, 0) is 4.74 Å². The molecule has 9 heteroatoms. The number of ether oxygens (including phenoxy) is 1. The molecule has 4 heterocycles. The number of aromatic nitrogens is 5. The number of aryl methyl sites for hydroxylation is 1. The number of rotatable bonds is 7. The van der Waals surface area contributed by atoms with E-state index in [1.807, 2.05) is 25.4 Å². The second-order valence-electron chi connectivity index (χ2n) is 10.2. The van der Waals surface area contributed by atoms with Gasteiger partial charge >= 0.3 is 0 Å². The molecule has 3 aromatic rings. The van der Waals surface area contributed by atoms with Gasteiger partial charge in [-0.25, -0.2) is 19.5 Å². The van der Waals surface area contributed by atoms with Crippen LogP contribution in [-0.4, -0.2) is 68.6 Å². The molecule has 0 spiro atoms. The summed E-state index contributed by atoms with van der Waals surface area (Å²) in [6, 6.07) is 4.49. The molecular formula is C26H37N7O2.